The van der Waals surface area contributed by atoms with Gasteiger partial charge < -0.3 is 14.7 Å². The van der Waals surface area contributed by atoms with Gasteiger partial charge in [0.15, 0.2) is 0 Å². The van der Waals surface area contributed by atoms with Crippen LogP contribution in [0, 0.1) is 6.92 Å². The first-order valence-electron chi connectivity index (χ1n) is 4.43. The van der Waals surface area contributed by atoms with Crippen molar-refractivity contribution in [1.82, 2.24) is 9.97 Å². The molecule has 0 fully saturated rings. The van der Waals surface area contributed by atoms with Gasteiger partial charge in [0.05, 0.1) is 12.7 Å². The summed E-state index contributed by atoms with van der Waals surface area (Å²) >= 11 is 0. The quantitative estimate of drug-likeness (QED) is 0.682. The van der Waals surface area contributed by atoms with Crippen LogP contribution in [-0.4, -0.2) is 23.0 Å². The maximum atomic E-state index is 11.4. The number of pyridine rings is 1. The summed E-state index contributed by atoms with van der Waals surface area (Å²) in [5.74, 6) is -0.463. The average molecular weight is 206 g/mol. The van der Waals surface area contributed by atoms with E-state index in [9.17, 15) is 9.59 Å². The van der Waals surface area contributed by atoms with E-state index in [1.165, 1.54) is 13.3 Å². The van der Waals surface area contributed by atoms with Crippen molar-refractivity contribution in [1.29, 1.82) is 0 Å². The second kappa shape index (κ2) is 3.27. The number of esters is 1. The zero-order chi connectivity index (χ0) is 11.0. The molecule has 0 aliphatic heterocycles. The molecule has 2 heterocycles. The van der Waals surface area contributed by atoms with Crippen molar-refractivity contribution in [2.24, 2.45) is 0 Å². The Bertz CT molecular complexity index is 580. The number of nitrogens with one attached hydrogen (secondary N) is 2. The summed E-state index contributed by atoms with van der Waals surface area (Å²) in [6.07, 6.45) is 1.36. The molecule has 0 bridgehead atoms. The summed E-state index contributed by atoms with van der Waals surface area (Å²) < 4.78 is 4.62. The second-order valence-corrected chi connectivity index (χ2v) is 3.26. The van der Waals surface area contributed by atoms with Crippen LogP contribution in [0.5, 0.6) is 0 Å². The van der Waals surface area contributed by atoms with Crippen molar-refractivity contribution < 1.29 is 9.53 Å². The normalized spacial score (nSPS) is 10.5. The zero-order valence-electron chi connectivity index (χ0n) is 8.38. The summed E-state index contributed by atoms with van der Waals surface area (Å²) in [5, 5.41) is 0.586. The predicted molar refractivity (Wildman–Crippen MR) is 55.0 cm³/mol. The number of hydrogen-bond acceptors (Lipinski definition) is 3. The summed E-state index contributed by atoms with van der Waals surface area (Å²) in [4.78, 5) is 28.2. The van der Waals surface area contributed by atoms with Gasteiger partial charge >= 0.3 is 5.97 Å². The third-order valence-electron chi connectivity index (χ3n) is 2.22. The van der Waals surface area contributed by atoms with Gasteiger partial charge in [-0.3, -0.25) is 4.79 Å². The van der Waals surface area contributed by atoms with E-state index in [0.29, 0.717) is 16.5 Å². The number of H-pyrrole nitrogens is 2. The second-order valence-electron chi connectivity index (χ2n) is 3.26. The largest absolute Gasteiger partial charge is 0.465 e. The molecule has 5 heteroatoms. The van der Waals surface area contributed by atoms with Crippen molar-refractivity contribution >= 4 is 16.9 Å². The molecular formula is C10H10N2O3. The van der Waals surface area contributed by atoms with Gasteiger partial charge in [0.2, 0.25) is 0 Å². The Morgan fingerprint density at radius 2 is 2.20 bits per heavy atom. The molecule has 0 unspecified atom stereocenters. The lowest BCUT2D eigenvalue weighted by molar-refractivity contribution is 0.0602. The van der Waals surface area contributed by atoms with Gasteiger partial charge in [-0.05, 0) is 13.0 Å². The monoisotopic (exact) mass is 206 g/mol. The van der Waals surface area contributed by atoms with E-state index in [0.717, 1.165) is 5.69 Å². The highest BCUT2D eigenvalue weighted by molar-refractivity contribution is 6.03. The molecule has 0 amide bonds. The third-order valence-corrected chi connectivity index (χ3v) is 2.22. The first-order chi connectivity index (χ1) is 7.13. The number of carbonyl (C=O) groups excluding carboxylic acids is 1. The molecule has 0 saturated heterocycles. The molecule has 0 radical (unpaired) electrons. The molecule has 78 valence electrons. The van der Waals surface area contributed by atoms with Gasteiger partial charge in [0, 0.05) is 17.3 Å². The Hall–Kier alpha value is -2.04. The fraction of sp³-hybridized carbons (Fsp3) is 0.200. The molecule has 2 rings (SSSR count). The van der Waals surface area contributed by atoms with Crippen molar-refractivity contribution in [3.05, 3.63) is 33.9 Å². The van der Waals surface area contributed by atoms with Gasteiger partial charge in [0.1, 0.15) is 5.52 Å². The first-order valence-corrected chi connectivity index (χ1v) is 4.43. The minimum atomic E-state index is -0.463. The van der Waals surface area contributed by atoms with Crippen LogP contribution >= 0.6 is 0 Å². The Labute approximate surface area is 85.1 Å². The highest BCUT2D eigenvalue weighted by Gasteiger charge is 2.13. The van der Waals surface area contributed by atoms with Gasteiger partial charge in [-0.2, -0.15) is 0 Å². The summed E-state index contributed by atoms with van der Waals surface area (Å²) in [6, 6.07) is 1.75. The smallest absolute Gasteiger partial charge is 0.340 e. The van der Waals surface area contributed by atoms with Crippen LogP contribution in [0.1, 0.15) is 16.1 Å². The molecule has 5 nitrogen and oxygen atoms in total. The number of rotatable bonds is 1. The van der Waals surface area contributed by atoms with E-state index in [4.69, 9.17) is 0 Å². The molecule has 15 heavy (non-hydrogen) atoms. The molecule has 0 atom stereocenters. The van der Waals surface area contributed by atoms with Crippen LogP contribution in [0.2, 0.25) is 0 Å². The number of aryl methyl sites for hydroxylation is 1. The number of carbonyl (C=O) groups is 1. The Morgan fingerprint density at radius 3 is 2.87 bits per heavy atom. The van der Waals surface area contributed by atoms with Crippen LogP contribution in [-0.2, 0) is 4.74 Å². The van der Waals surface area contributed by atoms with Crippen LogP contribution in [0.4, 0.5) is 0 Å². The lowest BCUT2D eigenvalue weighted by Gasteiger charge is -1.99. The Kier molecular flexibility index (Phi) is 2.07. The highest BCUT2D eigenvalue weighted by Crippen LogP contribution is 2.16. The minimum Gasteiger partial charge on any atom is -0.465 e. The number of methoxy groups -OCH3 is 1. The fourth-order valence-electron chi connectivity index (χ4n) is 1.55. The van der Waals surface area contributed by atoms with Crippen LogP contribution < -0.4 is 5.56 Å². The Balaban J connectivity index is 2.82. The summed E-state index contributed by atoms with van der Waals surface area (Å²) in [6.45, 7) is 1.82. The minimum absolute atomic E-state index is 0.245. The van der Waals surface area contributed by atoms with E-state index in [1.54, 1.807) is 6.07 Å². The van der Waals surface area contributed by atoms with E-state index in [2.05, 4.69) is 14.7 Å². The van der Waals surface area contributed by atoms with E-state index >= 15 is 0 Å². The maximum absolute atomic E-state index is 11.4. The molecule has 0 aliphatic rings. The number of aromatic nitrogens is 2. The van der Waals surface area contributed by atoms with E-state index < -0.39 is 5.97 Å². The van der Waals surface area contributed by atoms with E-state index in [-0.39, 0.29) is 5.56 Å². The lowest BCUT2D eigenvalue weighted by atomic mass is 10.2. The predicted octanol–water partition coefficient (Wildman–Crippen LogP) is 0.951. The van der Waals surface area contributed by atoms with Gasteiger partial charge in [-0.15, -0.1) is 0 Å². The summed E-state index contributed by atoms with van der Waals surface area (Å²) in [7, 11) is 1.30. The Morgan fingerprint density at radius 1 is 1.47 bits per heavy atom. The molecule has 0 spiro atoms. The van der Waals surface area contributed by atoms with Gasteiger partial charge in [0.25, 0.3) is 5.56 Å². The molecule has 0 aliphatic carbocycles. The topological polar surface area (TPSA) is 75.0 Å². The van der Waals surface area contributed by atoms with Crippen LogP contribution in [0.3, 0.4) is 0 Å². The number of fused-ring (bicyclic) bond motifs is 1. The lowest BCUT2D eigenvalue weighted by Crippen LogP contribution is -2.10. The highest BCUT2D eigenvalue weighted by atomic mass is 16.5. The zero-order valence-corrected chi connectivity index (χ0v) is 8.38. The van der Waals surface area contributed by atoms with Gasteiger partial charge in [-0.25, -0.2) is 4.79 Å². The standard InChI is InChI=1S/C10H10N2O3/c1-5-3-6-7(10(14)15-2)4-11-9(13)8(6)12-5/h3-4,12H,1-2H3,(H,11,13). The molecular weight excluding hydrogens is 196 g/mol. The van der Waals surface area contributed by atoms with Crippen molar-refractivity contribution in [2.45, 2.75) is 6.92 Å². The van der Waals surface area contributed by atoms with Crippen molar-refractivity contribution in [3.8, 4) is 0 Å². The average Bonchev–Trinajstić information content (AvgIpc) is 2.60. The fourth-order valence-corrected chi connectivity index (χ4v) is 1.55. The molecule has 2 N–H and O–H groups in total. The van der Waals surface area contributed by atoms with E-state index in [1.807, 2.05) is 6.92 Å². The number of hydrogen-bond donors (Lipinski definition) is 2. The van der Waals surface area contributed by atoms with Gasteiger partial charge in [-0.1, -0.05) is 0 Å². The molecule has 2 aromatic heterocycles. The number of aromatic amines is 2. The van der Waals surface area contributed by atoms with Crippen molar-refractivity contribution in [3.63, 3.8) is 0 Å². The molecule has 0 aromatic carbocycles. The van der Waals surface area contributed by atoms with Crippen LogP contribution in [0.15, 0.2) is 17.1 Å². The third kappa shape index (κ3) is 1.41. The van der Waals surface area contributed by atoms with Crippen LogP contribution in [0.25, 0.3) is 10.9 Å². The summed E-state index contributed by atoms with van der Waals surface area (Å²) in [5.41, 5.74) is 1.34. The number of ether oxygens (including phenoxy) is 1. The molecule has 0 saturated carbocycles. The first kappa shape index (κ1) is 9.51. The molecule has 2 aromatic rings. The van der Waals surface area contributed by atoms with Crippen molar-refractivity contribution in [2.75, 3.05) is 7.11 Å². The maximum Gasteiger partial charge on any atom is 0.340 e. The SMILES string of the molecule is COC(=O)c1c[nH]c(=O)c2[nH]c(C)cc12.